The van der Waals surface area contributed by atoms with Gasteiger partial charge in [0, 0.05) is 37.5 Å². The minimum atomic E-state index is 0.683. The molecule has 18 heavy (non-hydrogen) atoms. The van der Waals surface area contributed by atoms with Crippen LogP contribution in [0.1, 0.15) is 33.6 Å². The van der Waals surface area contributed by atoms with Gasteiger partial charge in [0.2, 0.25) is 0 Å². The Morgan fingerprint density at radius 3 is 2.89 bits per heavy atom. The van der Waals surface area contributed by atoms with E-state index in [4.69, 9.17) is 6.42 Å². The van der Waals surface area contributed by atoms with Crippen molar-refractivity contribution in [2.75, 3.05) is 31.1 Å². The van der Waals surface area contributed by atoms with E-state index in [2.05, 4.69) is 36.9 Å². The number of nitrogens with zero attached hydrogens (tertiary/aromatic N) is 1. The SMILES string of the molecule is C#CCSCCN1CC(CCC)NCC1C(C)C. The first-order valence-corrected chi connectivity index (χ1v) is 8.33. The predicted octanol–water partition coefficient (Wildman–Crippen LogP) is 2.45. The summed E-state index contributed by atoms with van der Waals surface area (Å²) in [6.07, 6.45) is 7.85. The zero-order chi connectivity index (χ0) is 13.4. The molecule has 2 atom stereocenters. The lowest BCUT2D eigenvalue weighted by Gasteiger charge is -2.42. The van der Waals surface area contributed by atoms with Crippen molar-refractivity contribution >= 4 is 11.8 Å². The normalized spacial score (nSPS) is 25.3. The largest absolute Gasteiger partial charge is 0.311 e. The highest BCUT2D eigenvalue weighted by Crippen LogP contribution is 2.17. The lowest BCUT2D eigenvalue weighted by molar-refractivity contribution is 0.103. The maximum atomic E-state index is 5.29. The van der Waals surface area contributed by atoms with Crippen LogP contribution in [0.15, 0.2) is 0 Å². The van der Waals surface area contributed by atoms with Gasteiger partial charge >= 0.3 is 0 Å². The van der Waals surface area contributed by atoms with Crippen molar-refractivity contribution in [1.29, 1.82) is 0 Å². The van der Waals surface area contributed by atoms with Crippen molar-refractivity contribution in [3.8, 4) is 12.3 Å². The van der Waals surface area contributed by atoms with Gasteiger partial charge in [-0.1, -0.05) is 33.1 Å². The van der Waals surface area contributed by atoms with E-state index in [9.17, 15) is 0 Å². The van der Waals surface area contributed by atoms with Crippen molar-refractivity contribution in [2.24, 2.45) is 5.92 Å². The lowest BCUT2D eigenvalue weighted by atomic mass is 9.97. The highest BCUT2D eigenvalue weighted by Gasteiger charge is 2.28. The quantitative estimate of drug-likeness (QED) is 0.564. The van der Waals surface area contributed by atoms with Crippen LogP contribution in [-0.4, -0.2) is 48.1 Å². The molecular weight excluding hydrogens is 240 g/mol. The van der Waals surface area contributed by atoms with Gasteiger partial charge in [-0.05, 0) is 12.3 Å². The van der Waals surface area contributed by atoms with E-state index in [0.717, 1.165) is 24.0 Å². The molecule has 1 saturated heterocycles. The summed E-state index contributed by atoms with van der Waals surface area (Å²) in [6, 6.07) is 1.37. The first kappa shape index (κ1) is 15.9. The maximum Gasteiger partial charge on any atom is 0.0545 e. The van der Waals surface area contributed by atoms with Gasteiger partial charge in [-0.3, -0.25) is 4.90 Å². The van der Waals surface area contributed by atoms with Crippen LogP contribution in [0.5, 0.6) is 0 Å². The Bertz CT molecular complexity index is 260. The second-order valence-electron chi connectivity index (χ2n) is 5.46. The fraction of sp³-hybridized carbons (Fsp3) is 0.867. The molecule has 2 nitrogen and oxygen atoms in total. The van der Waals surface area contributed by atoms with Crippen LogP contribution < -0.4 is 5.32 Å². The smallest absolute Gasteiger partial charge is 0.0545 e. The van der Waals surface area contributed by atoms with Crippen LogP contribution in [0.2, 0.25) is 0 Å². The molecule has 0 spiro atoms. The van der Waals surface area contributed by atoms with Crippen molar-refractivity contribution in [1.82, 2.24) is 10.2 Å². The van der Waals surface area contributed by atoms with E-state index in [-0.39, 0.29) is 0 Å². The van der Waals surface area contributed by atoms with Gasteiger partial charge in [-0.2, -0.15) is 0 Å². The Balaban J connectivity index is 2.42. The Morgan fingerprint density at radius 2 is 2.28 bits per heavy atom. The zero-order valence-electron chi connectivity index (χ0n) is 12.1. The molecule has 1 fully saturated rings. The molecule has 2 unspecified atom stereocenters. The first-order valence-electron chi connectivity index (χ1n) is 7.17. The summed E-state index contributed by atoms with van der Waals surface area (Å²) in [4.78, 5) is 2.67. The summed E-state index contributed by atoms with van der Waals surface area (Å²) in [7, 11) is 0. The topological polar surface area (TPSA) is 15.3 Å². The molecule has 0 bridgehead atoms. The van der Waals surface area contributed by atoms with Crippen LogP contribution in [0.4, 0.5) is 0 Å². The van der Waals surface area contributed by atoms with Gasteiger partial charge < -0.3 is 5.32 Å². The summed E-state index contributed by atoms with van der Waals surface area (Å²) in [5.41, 5.74) is 0. The number of hydrogen-bond donors (Lipinski definition) is 1. The molecule has 0 saturated carbocycles. The standard InChI is InChI=1S/C15H28N2S/c1-5-7-14-12-17(8-10-18-9-6-2)15(11-16-14)13(3)4/h2,13-16H,5,7-12H2,1,3-4H3. The minimum absolute atomic E-state index is 0.683. The van der Waals surface area contributed by atoms with E-state index in [1.807, 2.05) is 11.8 Å². The summed E-state index contributed by atoms with van der Waals surface area (Å²) in [5, 5.41) is 3.70. The maximum absolute atomic E-state index is 5.29. The summed E-state index contributed by atoms with van der Waals surface area (Å²) in [6.45, 7) is 10.4. The van der Waals surface area contributed by atoms with Crippen molar-refractivity contribution < 1.29 is 0 Å². The number of rotatable bonds is 7. The second kappa shape index (κ2) is 8.85. The van der Waals surface area contributed by atoms with Gasteiger partial charge in [0.25, 0.3) is 0 Å². The molecule has 0 aromatic carbocycles. The molecular formula is C15H28N2S. The number of nitrogens with one attached hydrogen (secondary N) is 1. The molecule has 0 amide bonds. The fourth-order valence-electron chi connectivity index (χ4n) is 2.67. The molecule has 0 aliphatic carbocycles. The molecule has 1 rings (SSSR count). The Hall–Kier alpha value is -0.170. The highest BCUT2D eigenvalue weighted by atomic mass is 32.2. The number of thioether (sulfide) groups is 1. The van der Waals surface area contributed by atoms with Crippen molar-refractivity contribution in [2.45, 2.75) is 45.7 Å². The number of hydrogen-bond acceptors (Lipinski definition) is 3. The second-order valence-corrected chi connectivity index (χ2v) is 6.56. The molecule has 104 valence electrons. The van der Waals surface area contributed by atoms with E-state index < -0.39 is 0 Å². The molecule has 0 radical (unpaired) electrons. The highest BCUT2D eigenvalue weighted by molar-refractivity contribution is 7.99. The minimum Gasteiger partial charge on any atom is -0.311 e. The molecule has 1 aliphatic rings. The number of terminal acetylenes is 1. The number of piperazine rings is 1. The fourth-order valence-corrected chi connectivity index (χ4v) is 3.29. The van der Waals surface area contributed by atoms with Gasteiger partial charge in [-0.25, -0.2) is 0 Å². The van der Waals surface area contributed by atoms with Crippen molar-refractivity contribution in [3.63, 3.8) is 0 Å². The summed E-state index contributed by atoms with van der Waals surface area (Å²) >= 11 is 1.88. The molecule has 0 aromatic rings. The Labute approximate surface area is 117 Å². The molecule has 3 heteroatoms. The summed E-state index contributed by atoms with van der Waals surface area (Å²) < 4.78 is 0. The monoisotopic (exact) mass is 268 g/mol. The molecule has 1 N–H and O–H groups in total. The van der Waals surface area contributed by atoms with Crippen LogP contribution in [0.25, 0.3) is 0 Å². The third-order valence-electron chi connectivity index (χ3n) is 3.65. The van der Waals surface area contributed by atoms with Gasteiger partial charge in [0.05, 0.1) is 5.75 Å². The average molecular weight is 268 g/mol. The first-order chi connectivity index (χ1) is 8.69. The van der Waals surface area contributed by atoms with Gasteiger partial charge in [-0.15, -0.1) is 18.2 Å². The van der Waals surface area contributed by atoms with Crippen molar-refractivity contribution in [3.05, 3.63) is 0 Å². The Kier molecular flexibility index (Phi) is 7.81. The Morgan fingerprint density at radius 1 is 1.50 bits per heavy atom. The average Bonchev–Trinajstić information content (AvgIpc) is 2.35. The summed E-state index contributed by atoms with van der Waals surface area (Å²) in [5.74, 6) is 5.42. The van der Waals surface area contributed by atoms with Crippen LogP contribution in [0.3, 0.4) is 0 Å². The van der Waals surface area contributed by atoms with E-state index in [0.29, 0.717) is 12.1 Å². The molecule has 1 aliphatic heterocycles. The van der Waals surface area contributed by atoms with Gasteiger partial charge in [0.15, 0.2) is 0 Å². The van der Waals surface area contributed by atoms with E-state index in [1.54, 1.807) is 0 Å². The third-order valence-corrected chi connectivity index (χ3v) is 4.50. The van der Waals surface area contributed by atoms with Crippen LogP contribution in [0, 0.1) is 18.3 Å². The molecule has 0 aromatic heterocycles. The van der Waals surface area contributed by atoms with Crippen LogP contribution in [-0.2, 0) is 0 Å². The predicted molar refractivity (Wildman–Crippen MR) is 83.1 cm³/mol. The zero-order valence-corrected chi connectivity index (χ0v) is 12.9. The van der Waals surface area contributed by atoms with Gasteiger partial charge in [0.1, 0.15) is 0 Å². The third kappa shape index (κ3) is 5.22. The van der Waals surface area contributed by atoms with E-state index >= 15 is 0 Å². The van der Waals surface area contributed by atoms with Crippen LogP contribution >= 0.6 is 11.8 Å². The lowest BCUT2D eigenvalue weighted by Crippen LogP contribution is -2.58. The van der Waals surface area contributed by atoms with E-state index in [1.165, 1.54) is 25.9 Å². The molecule has 1 heterocycles.